The summed E-state index contributed by atoms with van der Waals surface area (Å²) in [6.45, 7) is 6.43. The number of rotatable bonds is 9. The fourth-order valence-electron chi connectivity index (χ4n) is 2.70. The number of aryl methyl sites for hydroxylation is 1. The van der Waals surface area contributed by atoms with Gasteiger partial charge in [-0.2, -0.15) is 0 Å². The van der Waals surface area contributed by atoms with Gasteiger partial charge in [-0.3, -0.25) is 0 Å². The van der Waals surface area contributed by atoms with Crippen molar-refractivity contribution < 1.29 is 14.3 Å². The predicted molar refractivity (Wildman–Crippen MR) is 121 cm³/mol. The molecule has 1 atom stereocenters. The number of halogens is 1. The van der Waals surface area contributed by atoms with E-state index in [1.165, 1.54) is 18.4 Å². The van der Waals surface area contributed by atoms with Crippen molar-refractivity contribution in [2.24, 2.45) is 10.9 Å². The van der Waals surface area contributed by atoms with Gasteiger partial charge in [0.25, 0.3) is 0 Å². The van der Waals surface area contributed by atoms with Crippen molar-refractivity contribution >= 4 is 29.9 Å². The molecule has 1 aliphatic carbocycles. The third kappa shape index (κ3) is 7.01. The smallest absolute Gasteiger partial charge is 0.191 e. The molecule has 0 saturated heterocycles. The molecule has 7 heteroatoms. The Kier molecular flexibility index (Phi) is 9.11. The van der Waals surface area contributed by atoms with Gasteiger partial charge in [0.2, 0.25) is 0 Å². The van der Waals surface area contributed by atoms with Gasteiger partial charge in [-0.05, 0) is 56.4 Å². The third-order valence-corrected chi connectivity index (χ3v) is 4.48. The van der Waals surface area contributed by atoms with Crippen LogP contribution in [0.15, 0.2) is 46.0 Å². The number of nitrogens with zero attached hydrogens (tertiary/aromatic N) is 1. The molecule has 0 bridgehead atoms. The summed E-state index contributed by atoms with van der Waals surface area (Å²) in [5, 5.41) is 16.5. The number of nitrogens with one attached hydrogen (secondary N) is 2. The second-order valence-corrected chi connectivity index (χ2v) is 6.97. The number of aliphatic hydroxyl groups excluding tert-OH is 1. The lowest BCUT2D eigenvalue weighted by molar-refractivity contribution is 0.153. The number of guanidine groups is 1. The molecule has 1 unspecified atom stereocenters. The van der Waals surface area contributed by atoms with E-state index in [0.29, 0.717) is 30.7 Å². The lowest BCUT2D eigenvalue weighted by Crippen LogP contribution is -2.39. The van der Waals surface area contributed by atoms with Crippen molar-refractivity contribution in [1.82, 2.24) is 10.6 Å². The molecule has 0 radical (unpaired) electrons. The van der Waals surface area contributed by atoms with Crippen molar-refractivity contribution in [2.75, 3.05) is 19.7 Å². The summed E-state index contributed by atoms with van der Waals surface area (Å²) in [6, 6.07) is 9.75. The summed E-state index contributed by atoms with van der Waals surface area (Å²) in [6.07, 6.45) is 3.37. The molecule has 1 fully saturated rings. The molecule has 1 aliphatic rings. The highest BCUT2D eigenvalue weighted by Gasteiger charge is 2.22. The Morgan fingerprint density at radius 2 is 2.14 bits per heavy atom. The summed E-state index contributed by atoms with van der Waals surface area (Å²) in [5.41, 5.74) is 2.24. The first kappa shape index (κ1) is 22.5. The SMILES string of the molecule is CCNC(=NCc1ccc(C)cc1OCC1CC1)NCC(O)c1ccco1.I. The number of aliphatic hydroxyl groups is 1. The first-order valence-electron chi connectivity index (χ1n) is 9.61. The monoisotopic (exact) mass is 499 g/mol. The largest absolute Gasteiger partial charge is 0.493 e. The maximum atomic E-state index is 10.2. The van der Waals surface area contributed by atoms with Crippen LogP contribution in [0, 0.1) is 12.8 Å². The number of hydrogen-bond acceptors (Lipinski definition) is 4. The zero-order valence-corrected chi connectivity index (χ0v) is 18.8. The molecule has 1 aromatic heterocycles. The van der Waals surface area contributed by atoms with Crippen LogP contribution >= 0.6 is 24.0 Å². The first-order valence-corrected chi connectivity index (χ1v) is 9.61. The Balaban J connectivity index is 0.00000280. The Hall–Kier alpha value is -1.74. The molecular formula is C21H30IN3O3. The van der Waals surface area contributed by atoms with Gasteiger partial charge in [-0.1, -0.05) is 12.1 Å². The second-order valence-electron chi connectivity index (χ2n) is 6.97. The van der Waals surface area contributed by atoms with Gasteiger partial charge in [0.15, 0.2) is 5.96 Å². The Morgan fingerprint density at radius 3 is 2.82 bits per heavy atom. The number of aliphatic imine (C=N–C) groups is 1. The molecule has 2 aromatic rings. The minimum atomic E-state index is -0.722. The summed E-state index contributed by atoms with van der Waals surface area (Å²) in [7, 11) is 0. The van der Waals surface area contributed by atoms with E-state index in [-0.39, 0.29) is 24.0 Å². The fraction of sp³-hybridized carbons (Fsp3) is 0.476. The van der Waals surface area contributed by atoms with Crippen LogP contribution in [-0.4, -0.2) is 30.8 Å². The molecule has 28 heavy (non-hydrogen) atoms. The van der Waals surface area contributed by atoms with Crippen LogP contribution in [0.25, 0.3) is 0 Å². The van der Waals surface area contributed by atoms with Crippen LogP contribution in [0.2, 0.25) is 0 Å². The van der Waals surface area contributed by atoms with Crippen molar-refractivity contribution in [3.8, 4) is 5.75 Å². The van der Waals surface area contributed by atoms with Crippen LogP contribution in [0.5, 0.6) is 5.75 Å². The summed E-state index contributed by atoms with van der Waals surface area (Å²) in [4.78, 5) is 4.64. The van der Waals surface area contributed by atoms with Gasteiger partial charge in [-0.25, -0.2) is 4.99 Å². The molecule has 6 nitrogen and oxygen atoms in total. The number of benzene rings is 1. The number of furan rings is 1. The molecule has 1 aromatic carbocycles. The number of ether oxygens (including phenoxy) is 1. The second kappa shape index (κ2) is 11.3. The molecule has 0 aliphatic heterocycles. The average Bonchev–Trinajstić information content (AvgIpc) is 3.33. The van der Waals surface area contributed by atoms with E-state index in [1.54, 1.807) is 18.4 Å². The Bertz CT molecular complexity index is 745. The minimum Gasteiger partial charge on any atom is -0.493 e. The van der Waals surface area contributed by atoms with E-state index in [4.69, 9.17) is 9.15 Å². The zero-order valence-electron chi connectivity index (χ0n) is 16.5. The van der Waals surface area contributed by atoms with Crippen LogP contribution in [0.4, 0.5) is 0 Å². The summed E-state index contributed by atoms with van der Waals surface area (Å²) in [5.74, 6) is 2.81. The van der Waals surface area contributed by atoms with E-state index in [2.05, 4.69) is 40.7 Å². The number of hydrogen-bond donors (Lipinski definition) is 3. The quantitative estimate of drug-likeness (QED) is 0.278. The minimum absolute atomic E-state index is 0. The van der Waals surface area contributed by atoms with Gasteiger partial charge in [0.1, 0.15) is 17.6 Å². The zero-order chi connectivity index (χ0) is 19.1. The van der Waals surface area contributed by atoms with Crippen LogP contribution < -0.4 is 15.4 Å². The molecule has 154 valence electrons. The maximum Gasteiger partial charge on any atom is 0.191 e. The van der Waals surface area contributed by atoms with Crippen molar-refractivity contribution in [3.63, 3.8) is 0 Å². The normalized spacial score (nSPS) is 14.9. The fourth-order valence-corrected chi connectivity index (χ4v) is 2.70. The van der Waals surface area contributed by atoms with Crippen LogP contribution in [0.3, 0.4) is 0 Å². The lowest BCUT2D eigenvalue weighted by atomic mass is 10.1. The molecule has 0 amide bonds. The van der Waals surface area contributed by atoms with Crippen molar-refractivity contribution in [3.05, 3.63) is 53.5 Å². The van der Waals surface area contributed by atoms with E-state index < -0.39 is 6.10 Å². The Labute approximate surface area is 183 Å². The Morgan fingerprint density at radius 1 is 1.32 bits per heavy atom. The highest BCUT2D eigenvalue weighted by atomic mass is 127. The van der Waals surface area contributed by atoms with E-state index in [9.17, 15) is 5.11 Å². The standard InChI is InChI=1S/C21H29N3O3.HI/c1-3-22-21(24-13-18(25)19-5-4-10-26-19)23-12-17-9-6-15(2)11-20(17)27-14-16-7-8-16;/h4-6,9-11,16,18,25H,3,7-8,12-14H2,1-2H3,(H2,22,23,24);1H. The predicted octanol–water partition coefficient (Wildman–Crippen LogP) is 3.78. The van der Waals surface area contributed by atoms with Gasteiger partial charge >= 0.3 is 0 Å². The van der Waals surface area contributed by atoms with E-state index in [0.717, 1.165) is 24.5 Å². The van der Waals surface area contributed by atoms with Crippen molar-refractivity contribution in [1.29, 1.82) is 0 Å². The molecule has 3 N–H and O–H groups in total. The van der Waals surface area contributed by atoms with Crippen LogP contribution in [0.1, 0.15) is 42.8 Å². The summed E-state index contributed by atoms with van der Waals surface area (Å²) < 4.78 is 11.2. The lowest BCUT2D eigenvalue weighted by Gasteiger charge is -2.15. The van der Waals surface area contributed by atoms with Gasteiger partial charge in [0, 0.05) is 12.1 Å². The topological polar surface area (TPSA) is 79.0 Å². The third-order valence-electron chi connectivity index (χ3n) is 4.48. The highest BCUT2D eigenvalue weighted by molar-refractivity contribution is 14.0. The van der Waals surface area contributed by atoms with Crippen molar-refractivity contribution in [2.45, 2.75) is 39.3 Å². The molecule has 1 heterocycles. The van der Waals surface area contributed by atoms with E-state index >= 15 is 0 Å². The maximum absolute atomic E-state index is 10.2. The summed E-state index contributed by atoms with van der Waals surface area (Å²) >= 11 is 0. The van der Waals surface area contributed by atoms with Gasteiger partial charge in [0.05, 0.1) is 26.0 Å². The molecule has 3 rings (SSSR count). The van der Waals surface area contributed by atoms with Crippen LogP contribution in [-0.2, 0) is 6.54 Å². The molecule has 0 spiro atoms. The van der Waals surface area contributed by atoms with E-state index in [1.807, 2.05) is 6.92 Å². The first-order chi connectivity index (χ1) is 13.2. The molecule has 1 saturated carbocycles. The van der Waals surface area contributed by atoms with Gasteiger partial charge < -0.3 is 24.9 Å². The van der Waals surface area contributed by atoms with Gasteiger partial charge in [-0.15, -0.1) is 24.0 Å². The highest BCUT2D eigenvalue weighted by Crippen LogP contribution is 2.31. The molecular weight excluding hydrogens is 469 g/mol. The average molecular weight is 499 g/mol.